The van der Waals surface area contributed by atoms with Crippen LogP contribution < -0.4 is 4.90 Å². The van der Waals surface area contributed by atoms with Gasteiger partial charge in [0.25, 0.3) is 0 Å². The lowest BCUT2D eigenvalue weighted by Crippen LogP contribution is -2.30. The molecule has 1 atom stereocenters. The number of rotatable bonds is 8. The molecule has 0 aromatic heterocycles. The van der Waals surface area contributed by atoms with Gasteiger partial charge in [0, 0.05) is 11.8 Å². The minimum absolute atomic E-state index is 0.0179. The van der Waals surface area contributed by atoms with Crippen LogP contribution in [0.5, 0.6) is 11.5 Å². The summed E-state index contributed by atoms with van der Waals surface area (Å²) in [6.07, 6.45) is 6.67. The standard InChI is InChI=1S/C27H29N3O2/c1-2-3-4-7-14-21-17-23(25(32)18-24(21)31)26-28-19-30(22-15-10-6-11-16-22)27(29-26)20-12-8-5-9-13-20/h5-6,8-13,15-19,27,31-32H,2-4,7,14H2,1H3. The molecule has 0 radical (unpaired) electrons. The van der Waals surface area contributed by atoms with Crippen LogP contribution in [0, 0.1) is 0 Å². The number of phenolic OH excluding ortho intramolecular Hbond substituents is 2. The van der Waals surface area contributed by atoms with Crippen molar-refractivity contribution in [2.75, 3.05) is 4.90 Å². The highest BCUT2D eigenvalue weighted by molar-refractivity contribution is 6.08. The van der Waals surface area contributed by atoms with E-state index in [1.54, 1.807) is 6.34 Å². The molecule has 3 aromatic rings. The number of anilines is 1. The monoisotopic (exact) mass is 427 g/mol. The first-order chi connectivity index (χ1) is 15.7. The number of unbranched alkanes of at least 4 members (excludes halogenated alkanes) is 3. The van der Waals surface area contributed by atoms with Crippen LogP contribution in [0.15, 0.2) is 82.8 Å². The molecular formula is C27H29N3O2. The van der Waals surface area contributed by atoms with E-state index in [9.17, 15) is 10.2 Å². The van der Waals surface area contributed by atoms with Crippen molar-refractivity contribution in [3.8, 4) is 11.5 Å². The molecule has 0 amide bonds. The number of amidine groups is 1. The summed E-state index contributed by atoms with van der Waals surface area (Å²) in [5.41, 5.74) is 3.37. The predicted molar refractivity (Wildman–Crippen MR) is 131 cm³/mol. The average Bonchev–Trinajstić information content (AvgIpc) is 2.84. The third kappa shape index (κ3) is 4.83. The second-order valence-electron chi connectivity index (χ2n) is 8.03. The Morgan fingerprint density at radius 1 is 0.844 bits per heavy atom. The quantitative estimate of drug-likeness (QED) is 0.420. The number of aliphatic imine (C=N–C) groups is 2. The number of nitrogens with zero attached hydrogens (tertiary/aromatic N) is 3. The van der Waals surface area contributed by atoms with Gasteiger partial charge in [-0.2, -0.15) is 0 Å². The largest absolute Gasteiger partial charge is 0.508 e. The van der Waals surface area contributed by atoms with Gasteiger partial charge in [-0.15, -0.1) is 0 Å². The van der Waals surface area contributed by atoms with Gasteiger partial charge in [0.2, 0.25) is 0 Å². The lowest BCUT2D eigenvalue weighted by molar-refractivity contribution is 0.444. The van der Waals surface area contributed by atoms with Gasteiger partial charge < -0.3 is 15.1 Å². The molecule has 4 rings (SSSR count). The number of hydrogen-bond acceptors (Lipinski definition) is 5. The first-order valence-electron chi connectivity index (χ1n) is 11.2. The van der Waals surface area contributed by atoms with Crippen molar-refractivity contribution in [2.24, 2.45) is 9.98 Å². The number of aromatic hydroxyl groups is 2. The van der Waals surface area contributed by atoms with Crippen molar-refractivity contribution in [2.45, 2.75) is 45.2 Å². The Balaban J connectivity index is 1.69. The molecule has 3 aromatic carbocycles. The minimum Gasteiger partial charge on any atom is -0.508 e. The fraction of sp³-hybridized carbons (Fsp3) is 0.259. The molecule has 5 nitrogen and oxygen atoms in total. The van der Waals surface area contributed by atoms with Crippen molar-refractivity contribution >= 4 is 17.9 Å². The highest BCUT2D eigenvalue weighted by Crippen LogP contribution is 2.34. The number of phenols is 2. The van der Waals surface area contributed by atoms with Crippen LogP contribution in [0.1, 0.15) is 55.5 Å². The molecular weight excluding hydrogens is 398 g/mol. The Kier molecular flexibility index (Phi) is 6.85. The number of hydrogen-bond donors (Lipinski definition) is 2. The lowest BCUT2D eigenvalue weighted by Gasteiger charge is -2.30. The second kappa shape index (κ2) is 10.1. The normalized spacial score (nSPS) is 15.6. The third-order valence-corrected chi connectivity index (χ3v) is 5.70. The number of para-hydroxylation sites is 1. The SMILES string of the molecule is CCCCCCc1cc(C2=NC(c3ccccc3)N(c3ccccc3)C=N2)c(O)cc1O. The number of benzene rings is 3. The predicted octanol–water partition coefficient (Wildman–Crippen LogP) is 6.21. The van der Waals surface area contributed by atoms with Crippen molar-refractivity contribution < 1.29 is 10.2 Å². The fourth-order valence-corrected chi connectivity index (χ4v) is 3.94. The van der Waals surface area contributed by atoms with Crippen LogP contribution in [-0.4, -0.2) is 22.4 Å². The Morgan fingerprint density at radius 2 is 1.56 bits per heavy atom. The van der Waals surface area contributed by atoms with Gasteiger partial charge in [-0.05, 0) is 42.2 Å². The van der Waals surface area contributed by atoms with E-state index >= 15 is 0 Å². The summed E-state index contributed by atoms with van der Waals surface area (Å²) in [5.74, 6) is 0.558. The van der Waals surface area contributed by atoms with Crippen LogP contribution in [0.25, 0.3) is 0 Å². The van der Waals surface area contributed by atoms with Gasteiger partial charge in [-0.1, -0.05) is 74.7 Å². The van der Waals surface area contributed by atoms with Crippen LogP contribution in [-0.2, 0) is 6.42 Å². The zero-order valence-electron chi connectivity index (χ0n) is 18.4. The van der Waals surface area contributed by atoms with Gasteiger partial charge in [0.1, 0.15) is 11.5 Å². The van der Waals surface area contributed by atoms with Gasteiger partial charge in [0.05, 0.1) is 11.9 Å². The van der Waals surface area contributed by atoms with E-state index in [0.29, 0.717) is 11.4 Å². The summed E-state index contributed by atoms with van der Waals surface area (Å²) in [6, 6.07) is 23.3. The van der Waals surface area contributed by atoms with Crippen LogP contribution in [0.4, 0.5) is 5.69 Å². The maximum absolute atomic E-state index is 10.6. The van der Waals surface area contributed by atoms with Crippen LogP contribution >= 0.6 is 0 Å². The van der Waals surface area contributed by atoms with Gasteiger partial charge in [0.15, 0.2) is 12.0 Å². The highest BCUT2D eigenvalue weighted by atomic mass is 16.3. The van der Waals surface area contributed by atoms with Crippen molar-refractivity contribution in [1.82, 2.24) is 0 Å². The van der Waals surface area contributed by atoms with E-state index in [-0.39, 0.29) is 17.7 Å². The summed E-state index contributed by atoms with van der Waals surface area (Å²) in [5, 5.41) is 20.9. The molecule has 0 aliphatic carbocycles. The Hall–Kier alpha value is -3.60. The van der Waals surface area contributed by atoms with E-state index in [1.807, 2.05) is 71.6 Å². The fourth-order valence-electron chi connectivity index (χ4n) is 3.94. The maximum Gasteiger partial charge on any atom is 0.162 e. The molecule has 0 fully saturated rings. The summed E-state index contributed by atoms with van der Waals surface area (Å²) >= 11 is 0. The minimum atomic E-state index is -0.313. The molecule has 1 unspecified atom stereocenters. The zero-order valence-corrected chi connectivity index (χ0v) is 18.4. The second-order valence-corrected chi connectivity index (χ2v) is 8.03. The molecule has 32 heavy (non-hydrogen) atoms. The van der Waals surface area contributed by atoms with Gasteiger partial charge in [-0.25, -0.2) is 9.98 Å². The first-order valence-corrected chi connectivity index (χ1v) is 11.2. The van der Waals surface area contributed by atoms with E-state index < -0.39 is 0 Å². The van der Waals surface area contributed by atoms with Crippen molar-refractivity contribution in [3.63, 3.8) is 0 Å². The molecule has 2 N–H and O–H groups in total. The summed E-state index contributed by atoms with van der Waals surface area (Å²) in [7, 11) is 0. The molecule has 0 saturated heterocycles. The average molecular weight is 428 g/mol. The smallest absolute Gasteiger partial charge is 0.162 e. The summed E-state index contributed by atoms with van der Waals surface area (Å²) in [4.78, 5) is 11.5. The van der Waals surface area contributed by atoms with Crippen molar-refractivity contribution in [1.29, 1.82) is 0 Å². The van der Waals surface area contributed by atoms with Gasteiger partial charge >= 0.3 is 0 Å². The zero-order chi connectivity index (χ0) is 22.3. The Morgan fingerprint density at radius 3 is 2.28 bits per heavy atom. The molecule has 0 bridgehead atoms. The highest BCUT2D eigenvalue weighted by Gasteiger charge is 2.25. The summed E-state index contributed by atoms with van der Waals surface area (Å²) < 4.78 is 0. The Labute approximate surface area is 189 Å². The molecule has 1 heterocycles. The van der Waals surface area contributed by atoms with Crippen molar-refractivity contribution in [3.05, 3.63) is 89.5 Å². The molecule has 5 heteroatoms. The van der Waals surface area contributed by atoms with E-state index in [1.165, 1.54) is 12.5 Å². The topological polar surface area (TPSA) is 68.4 Å². The third-order valence-electron chi connectivity index (χ3n) is 5.70. The molecule has 0 saturated carbocycles. The molecule has 1 aliphatic rings. The van der Waals surface area contributed by atoms with E-state index in [2.05, 4.69) is 11.9 Å². The van der Waals surface area contributed by atoms with E-state index in [0.717, 1.165) is 42.5 Å². The van der Waals surface area contributed by atoms with Crippen LogP contribution in [0.2, 0.25) is 0 Å². The molecule has 1 aliphatic heterocycles. The molecule has 164 valence electrons. The first kappa shape index (κ1) is 21.6. The number of aryl methyl sites for hydroxylation is 1. The summed E-state index contributed by atoms with van der Waals surface area (Å²) in [6.45, 7) is 2.18. The van der Waals surface area contributed by atoms with Gasteiger partial charge in [-0.3, -0.25) is 0 Å². The Bertz CT molecular complexity index is 1090. The van der Waals surface area contributed by atoms with Crippen LogP contribution in [0.3, 0.4) is 0 Å². The lowest BCUT2D eigenvalue weighted by atomic mass is 10.0. The maximum atomic E-state index is 10.6. The molecule has 0 spiro atoms. The van der Waals surface area contributed by atoms with E-state index in [4.69, 9.17) is 4.99 Å².